The average molecular weight is 381 g/mol. The summed E-state index contributed by atoms with van der Waals surface area (Å²) in [5.41, 5.74) is 1.94. The molecule has 25 heavy (non-hydrogen) atoms. The number of hydrogen-bond acceptors (Lipinski definition) is 4. The van der Waals surface area contributed by atoms with Crippen LogP contribution in [0, 0.1) is 0 Å². The van der Waals surface area contributed by atoms with Gasteiger partial charge in [0.2, 0.25) is 0 Å². The van der Waals surface area contributed by atoms with Gasteiger partial charge in [0.05, 0.1) is 22.9 Å². The van der Waals surface area contributed by atoms with Gasteiger partial charge in [0.15, 0.2) is 11.5 Å². The number of nitrogens with zero attached hydrogens (tertiary/aromatic N) is 1. The maximum atomic E-state index is 12.8. The van der Waals surface area contributed by atoms with E-state index in [1.165, 1.54) is 0 Å². The molecule has 3 rings (SSSR count). The zero-order chi connectivity index (χ0) is 18.1. The Bertz CT molecular complexity index is 826. The van der Waals surface area contributed by atoms with E-state index in [9.17, 15) is 9.90 Å². The molecule has 0 bridgehead atoms. The topological polar surface area (TPSA) is 61.8 Å². The molecule has 1 aliphatic rings. The first-order valence-corrected chi connectivity index (χ1v) is 8.74. The Hall–Kier alpha value is -2.11. The van der Waals surface area contributed by atoms with Gasteiger partial charge in [-0.2, -0.15) is 0 Å². The first-order valence-electron chi connectivity index (χ1n) is 7.98. The molecule has 0 saturated heterocycles. The maximum Gasteiger partial charge on any atom is 0.257 e. The van der Waals surface area contributed by atoms with Crippen LogP contribution in [-0.4, -0.2) is 29.1 Å². The second kappa shape index (κ2) is 7.02. The first-order chi connectivity index (χ1) is 12.0. The first kappa shape index (κ1) is 17.7. The summed E-state index contributed by atoms with van der Waals surface area (Å²) >= 11 is 12.2. The zero-order valence-electron chi connectivity index (χ0n) is 13.8. The quantitative estimate of drug-likeness (QED) is 0.807. The molecule has 2 aromatic rings. The Labute approximate surface area is 156 Å². The van der Waals surface area contributed by atoms with Crippen molar-refractivity contribution < 1.29 is 14.6 Å². The van der Waals surface area contributed by atoms with E-state index in [2.05, 4.69) is 5.32 Å². The maximum absolute atomic E-state index is 12.8. The highest BCUT2D eigenvalue weighted by atomic mass is 35.5. The Balaban J connectivity index is 2.08. The van der Waals surface area contributed by atoms with E-state index >= 15 is 0 Å². The van der Waals surface area contributed by atoms with E-state index < -0.39 is 6.17 Å². The summed E-state index contributed by atoms with van der Waals surface area (Å²) in [6.45, 7) is 4.61. The molecule has 7 heteroatoms. The summed E-state index contributed by atoms with van der Waals surface area (Å²) in [5, 5.41) is 14.1. The monoisotopic (exact) mass is 380 g/mol. The van der Waals surface area contributed by atoms with Gasteiger partial charge < -0.3 is 20.1 Å². The van der Waals surface area contributed by atoms with Gasteiger partial charge >= 0.3 is 0 Å². The highest BCUT2D eigenvalue weighted by molar-refractivity contribution is 6.32. The third-order valence-corrected chi connectivity index (χ3v) is 4.61. The van der Waals surface area contributed by atoms with Crippen LogP contribution >= 0.6 is 23.2 Å². The van der Waals surface area contributed by atoms with Crippen LogP contribution in [0.5, 0.6) is 11.5 Å². The molecule has 1 amide bonds. The molecule has 0 spiro atoms. The lowest BCUT2D eigenvalue weighted by atomic mass is 10.0. The lowest BCUT2D eigenvalue weighted by molar-refractivity contribution is 0.0694. The predicted molar refractivity (Wildman–Crippen MR) is 98.8 cm³/mol. The number of halogens is 2. The fraction of sp³-hybridized carbons (Fsp3) is 0.278. The minimum atomic E-state index is -0.444. The lowest BCUT2D eigenvalue weighted by Gasteiger charge is -2.37. The van der Waals surface area contributed by atoms with Gasteiger partial charge in [-0.15, -0.1) is 0 Å². The highest BCUT2D eigenvalue weighted by Crippen LogP contribution is 2.40. The van der Waals surface area contributed by atoms with Crippen molar-refractivity contribution >= 4 is 34.8 Å². The normalized spacial score (nSPS) is 16.4. The summed E-state index contributed by atoms with van der Waals surface area (Å²) in [4.78, 5) is 14.5. The van der Waals surface area contributed by atoms with E-state index in [0.29, 0.717) is 35.0 Å². The van der Waals surface area contributed by atoms with E-state index in [1.807, 2.05) is 13.8 Å². The number of anilines is 1. The van der Waals surface area contributed by atoms with Gasteiger partial charge in [0.1, 0.15) is 6.17 Å². The molecular weight excluding hydrogens is 363 g/mol. The van der Waals surface area contributed by atoms with Gasteiger partial charge in [-0.1, -0.05) is 23.2 Å². The van der Waals surface area contributed by atoms with E-state index in [4.69, 9.17) is 27.9 Å². The average Bonchev–Trinajstić information content (AvgIpc) is 2.58. The van der Waals surface area contributed by atoms with Crippen molar-refractivity contribution in [2.24, 2.45) is 0 Å². The number of phenols is 1. The number of carbonyl (C=O) groups is 1. The van der Waals surface area contributed by atoms with Crippen LogP contribution < -0.4 is 10.1 Å². The fourth-order valence-electron chi connectivity index (χ4n) is 2.93. The molecule has 132 valence electrons. The standard InChI is InChI=1S/C18H18Cl2N2O3/c1-3-22-17(10-7-13(20)16(23)15(8-10)25-4-2)21-14-9-11(19)5-6-12(14)18(22)24/h5-9,17,21,23H,3-4H2,1-2H3. The molecule has 1 aliphatic heterocycles. The number of phenolic OH excluding ortho intramolecular Hbond substituents is 1. The summed E-state index contributed by atoms with van der Waals surface area (Å²) in [6.07, 6.45) is -0.444. The number of aromatic hydroxyl groups is 1. The summed E-state index contributed by atoms with van der Waals surface area (Å²) in [7, 11) is 0. The van der Waals surface area contributed by atoms with Crippen molar-refractivity contribution in [2.45, 2.75) is 20.0 Å². The van der Waals surface area contributed by atoms with Crippen LogP contribution in [0.25, 0.3) is 0 Å². The molecular formula is C18H18Cl2N2O3. The number of rotatable bonds is 4. The Morgan fingerprint density at radius 3 is 2.68 bits per heavy atom. The Kier molecular flexibility index (Phi) is 4.97. The number of carbonyl (C=O) groups excluding carboxylic acids is 1. The van der Waals surface area contributed by atoms with E-state index in [0.717, 1.165) is 0 Å². The number of hydrogen-bond donors (Lipinski definition) is 2. The molecule has 1 atom stereocenters. The van der Waals surface area contributed by atoms with Crippen molar-refractivity contribution in [3.05, 3.63) is 51.5 Å². The molecule has 0 saturated carbocycles. The zero-order valence-corrected chi connectivity index (χ0v) is 15.4. The Morgan fingerprint density at radius 1 is 1.24 bits per heavy atom. The molecule has 0 fully saturated rings. The number of amides is 1. The van der Waals surface area contributed by atoms with Crippen molar-refractivity contribution in [2.75, 3.05) is 18.5 Å². The minimum Gasteiger partial charge on any atom is -0.503 e. The van der Waals surface area contributed by atoms with E-state index in [1.54, 1.807) is 35.2 Å². The lowest BCUT2D eigenvalue weighted by Crippen LogP contribution is -2.42. The van der Waals surface area contributed by atoms with Gasteiger partial charge in [-0.25, -0.2) is 0 Å². The second-order valence-electron chi connectivity index (χ2n) is 5.61. The van der Waals surface area contributed by atoms with Crippen LogP contribution in [0.1, 0.15) is 35.9 Å². The summed E-state index contributed by atoms with van der Waals surface area (Å²) < 4.78 is 5.45. The van der Waals surface area contributed by atoms with Crippen molar-refractivity contribution in [1.29, 1.82) is 0 Å². The molecule has 0 aromatic heterocycles. The number of benzene rings is 2. The molecule has 1 unspecified atom stereocenters. The molecule has 2 N–H and O–H groups in total. The number of nitrogens with one attached hydrogen (secondary N) is 1. The van der Waals surface area contributed by atoms with Gasteiger partial charge in [-0.3, -0.25) is 4.79 Å². The highest BCUT2D eigenvalue weighted by Gasteiger charge is 2.32. The third kappa shape index (κ3) is 3.22. The van der Waals surface area contributed by atoms with Crippen molar-refractivity contribution in [3.63, 3.8) is 0 Å². The van der Waals surface area contributed by atoms with E-state index in [-0.39, 0.29) is 22.4 Å². The minimum absolute atomic E-state index is 0.0972. The summed E-state index contributed by atoms with van der Waals surface area (Å²) in [6, 6.07) is 8.44. The summed E-state index contributed by atoms with van der Waals surface area (Å²) in [5.74, 6) is 0.0770. The fourth-order valence-corrected chi connectivity index (χ4v) is 3.32. The van der Waals surface area contributed by atoms with Crippen LogP contribution in [0.4, 0.5) is 5.69 Å². The van der Waals surface area contributed by atoms with Crippen LogP contribution in [0.3, 0.4) is 0 Å². The second-order valence-corrected chi connectivity index (χ2v) is 6.45. The molecule has 2 aromatic carbocycles. The smallest absolute Gasteiger partial charge is 0.257 e. The molecule has 0 aliphatic carbocycles. The molecule has 5 nitrogen and oxygen atoms in total. The number of ether oxygens (including phenoxy) is 1. The van der Waals surface area contributed by atoms with Crippen molar-refractivity contribution in [3.8, 4) is 11.5 Å². The van der Waals surface area contributed by atoms with Crippen LogP contribution in [-0.2, 0) is 0 Å². The molecule has 1 heterocycles. The van der Waals surface area contributed by atoms with Gasteiger partial charge in [0.25, 0.3) is 5.91 Å². The Morgan fingerprint density at radius 2 is 2.00 bits per heavy atom. The van der Waals surface area contributed by atoms with Gasteiger partial charge in [0, 0.05) is 17.1 Å². The third-order valence-electron chi connectivity index (χ3n) is 4.08. The molecule has 0 radical (unpaired) electrons. The largest absolute Gasteiger partial charge is 0.503 e. The number of fused-ring (bicyclic) bond motifs is 1. The van der Waals surface area contributed by atoms with Crippen LogP contribution in [0.15, 0.2) is 30.3 Å². The predicted octanol–water partition coefficient (Wildman–Crippen LogP) is 4.68. The van der Waals surface area contributed by atoms with Crippen molar-refractivity contribution in [1.82, 2.24) is 4.90 Å². The van der Waals surface area contributed by atoms with Gasteiger partial charge in [-0.05, 0) is 44.2 Å². The van der Waals surface area contributed by atoms with Crippen LogP contribution in [0.2, 0.25) is 10.0 Å². The SMILES string of the molecule is CCOc1cc(C2Nc3cc(Cl)ccc3C(=O)N2CC)cc(Cl)c1O.